The summed E-state index contributed by atoms with van der Waals surface area (Å²) in [5.74, 6) is -0.263. The van der Waals surface area contributed by atoms with Crippen LogP contribution in [0.1, 0.15) is 22.2 Å². The van der Waals surface area contributed by atoms with Crippen molar-refractivity contribution in [3.8, 4) is 0 Å². The van der Waals surface area contributed by atoms with Crippen LogP contribution >= 0.6 is 11.3 Å². The lowest BCUT2D eigenvalue weighted by Gasteiger charge is -2.24. The number of benzene rings is 1. The molecule has 1 aromatic heterocycles. The number of thiophene rings is 1. The van der Waals surface area contributed by atoms with Crippen LogP contribution in [0.3, 0.4) is 0 Å². The third kappa shape index (κ3) is 4.18. The molecule has 0 aliphatic carbocycles. The molecule has 138 valence electrons. The molecule has 2 aromatic rings. The molecule has 0 radical (unpaired) electrons. The van der Waals surface area contributed by atoms with Gasteiger partial charge in [-0.1, -0.05) is 18.2 Å². The van der Waals surface area contributed by atoms with Gasteiger partial charge >= 0.3 is 0 Å². The summed E-state index contributed by atoms with van der Waals surface area (Å²) >= 11 is 1.34. The SMILES string of the molecule is C/C(=N/NC(=O)c1cccs1)c1ccc(S(=O)(=O)N2CC[NH2+]CC2)cc1. The van der Waals surface area contributed by atoms with Crippen molar-refractivity contribution < 1.29 is 18.5 Å². The number of quaternary nitrogens is 1. The van der Waals surface area contributed by atoms with Gasteiger partial charge in [0.05, 0.1) is 41.7 Å². The lowest BCUT2D eigenvalue weighted by molar-refractivity contribution is -0.661. The summed E-state index contributed by atoms with van der Waals surface area (Å²) < 4.78 is 26.8. The Balaban J connectivity index is 1.70. The molecule has 9 heteroatoms. The molecule has 1 fully saturated rings. The first-order chi connectivity index (χ1) is 12.5. The van der Waals surface area contributed by atoms with Gasteiger partial charge in [0.25, 0.3) is 5.91 Å². The van der Waals surface area contributed by atoms with E-state index >= 15 is 0 Å². The molecular weight excluding hydrogens is 372 g/mol. The summed E-state index contributed by atoms with van der Waals surface area (Å²) in [5, 5.41) is 8.03. The molecule has 0 saturated carbocycles. The number of nitrogens with zero attached hydrogens (tertiary/aromatic N) is 2. The monoisotopic (exact) mass is 393 g/mol. The van der Waals surface area contributed by atoms with E-state index in [2.05, 4.69) is 15.8 Å². The number of amides is 1. The third-order valence-corrected chi connectivity index (χ3v) is 6.93. The average Bonchev–Trinajstić information content (AvgIpc) is 3.21. The topological polar surface area (TPSA) is 95.4 Å². The van der Waals surface area contributed by atoms with E-state index in [4.69, 9.17) is 0 Å². The lowest BCUT2D eigenvalue weighted by atomic mass is 10.1. The van der Waals surface area contributed by atoms with Gasteiger partial charge in [-0.05, 0) is 36.1 Å². The normalized spacial score (nSPS) is 16.4. The van der Waals surface area contributed by atoms with Gasteiger partial charge in [-0.25, -0.2) is 13.8 Å². The first-order valence-corrected chi connectivity index (χ1v) is 10.6. The van der Waals surface area contributed by atoms with Gasteiger partial charge < -0.3 is 5.32 Å². The standard InChI is InChI=1S/C17H20N4O3S2/c1-13(19-20-17(22)16-3-2-12-25-16)14-4-6-15(7-5-14)26(23,24)21-10-8-18-9-11-21/h2-7,12,18H,8-11H2,1H3,(H,20,22)/p+1/b19-13-. The molecule has 3 N–H and O–H groups in total. The van der Waals surface area contributed by atoms with E-state index in [1.54, 1.807) is 43.3 Å². The van der Waals surface area contributed by atoms with E-state index in [9.17, 15) is 13.2 Å². The van der Waals surface area contributed by atoms with Crippen molar-refractivity contribution in [3.63, 3.8) is 0 Å². The number of rotatable bonds is 5. The quantitative estimate of drug-likeness (QED) is 0.571. The largest absolute Gasteiger partial charge is 0.344 e. The minimum absolute atomic E-state index is 0.263. The van der Waals surface area contributed by atoms with E-state index in [1.807, 2.05) is 5.38 Å². The maximum atomic E-state index is 12.6. The van der Waals surface area contributed by atoms with Crippen molar-refractivity contribution in [1.29, 1.82) is 0 Å². The van der Waals surface area contributed by atoms with Crippen LogP contribution in [0.5, 0.6) is 0 Å². The van der Waals surface area contributed by atoms with Crippen molar-refractivity contribution in [2.45, 2.75) is 11.8 Å². The average molecular weight is 394 g/mol. The Labute approximate surface area is 156 Å². The van der Waals surface area contributed by atoms with Crippen LogP contribution in [-0.2, 0) is 10.0 Å². The van der Waals surface area contributed by atoms with E-state index < -0.39 is 10.0 Å². The highest BCUT2D eigenvalue weighted by atomic mass is 32.2. The summed E-state index contributed by atoms with van der Waals surface area (Å²) in [6.07, 6.45) is 0. The summed E-state index contributed by atoms with van der Waals surface area (Å²) in [6, 6.07) is 10.1. The van der Waals surface area contributed by atoms with Crippen LogP contribution in [0, 0.1) is 0 Å². The van der Waals surface area contributed by atoms with Crippen molar-refractivity contribution in [3.05, 3.63) is 52.2 Å². The van der Waals surface area contributed by atoms with Crippen LogP contribution in [0.4, 0.5) is 0 Å². The second-order valence-corrected chi connectivity index (χ2v) is 8.80. The molecule has 1 aromatic carbocycles. The second-order valence-electron chi connectivity index (χ2n) is 5.91. The van der Waals surface area contributed by atoms with Gasteiger partial charge in [0.15, 0.2) is 0 Å². The predicted molar refractivity (Wildman–Crippen MR) is 101 cm³/mol. The van der Waals surface area contributed by atoms with Crippen LogP contribution in [-0.4, -0.2) is 50.5 Å². The number of carbonyl (C=O) groups is 1. The van der Waals surface area contributed by atoms with Gasteiger partial charge in [0.2, 0.25) is 10.0 Å². The molecule has 7 nitrogen and oxygen atoms in total. The fourth-order valence-electron chi connectivity index (χ4n) is 2.65. The minimum Gasteiger partial charge on any atom is -0.344 e. The molecule has 2 heterocycles. The zero-order chi connectivity index (χ0) is 18.6. The maximum Gasteiger partial charge on any atom is 0.281 e. The smallest absolute Gasteiger partial charge is 0.281 e. The van der Waals surface area contributed by atoms with Crippen molar-refractivity contribution in [1.82, 2.24) is 9.73 Å². The lowest BCUT2D eigenvalue weighted by Crippen LogP contribution is -2.89. The van der Waals surface area contributed by atoms with E-state index in [0.29, 0.717) is 23.7 Å². The predicted octanol–water partition coefficient (Wildman–Crippen LogP) is 0.470. The third-order valence-electron chi connectivity index (χ3n) is 4.15. The molecule has 0 atom stereocenters. The highest BCUT2D eigenvalue weighted by Crippen LogP contribution is 2.17. The number of piperazine rings is 1. The number of carbonyl (C=O) groups excluding carboxylic acids is 1. The molecule has 1 aliphatic heterocycles. The fraction of sp³-hybridized carbons (Fsp3) is 0.294. The van der Waals surface area contributed by atoms with Gasteiger partial charge in [-0.2, -0.15) is 9.41 Å². The van der Waals surface area contributed by atoms with Crippen molar-refractivity contribution >= 4 is 33.0 Å². The van der Waals surface area contributed by atoms with Gasteiger partial charge in [0, 0.05) is 0 Å². The number of nitrogens with two attached hydrogens (primary N) is 1. The Kier molecular flexibility index (Phi) is 5.82. The summed E-state index contributed by atoms with van der Waals surface area (Å²) in [7, 11) is -3.45. The van der Waals surface area contributed by atoms with Gasteiger partial charge in [-0.3, -0.25) is 4.79 Å². The molecule has 1 saturated heterocycles. The van der Waals surface area contributed by atoms with Crippen molar-refractivity contribution in [2.24, 2.45) is 5.10 Å². The second kappa shape index (κ2) is 8.09. The zero-order valence-electron chi connectivity index (χ0n) is 14.4. The Bertz CT molecular complexity index is 885. The maximum absolute atomic E-state index is 12.6. The van der Waals surface area contributed by atoms with E-state index in [-0.39, 0.29) is 10.8 Å². The minimum atomic E-state index is -3.45. The number of hydrogen-bond acceptors (Lipinski definition) is 5. The van der Waals surface area contributed by atoms with Gasteiger partial charge in [-0.15, -0.1) is 11.3 Å². The Morgan fingerprint density at radius 3 is 2.50 bits per heavy atom. The fourth-order valence-corrected chi connectivity index (χ4v) is 4.73. The number of hydrogen-bond donors (Lipinski definition) is 2. The molecule has 26 heavy (non-hydrogen) atoms. The molecule has 0 unspecified atom stereocenters. The van der Waals surface area contributed by atoms with E-state index in [1.165, 1.54) is 15.6 Å². The van der Waals surface area contributed by atoms with E-state index in [0.717, 1.165) is 18.7 Å². The Hall–Kier alpha value is -2.07. The first-order valence-electron chi connectivity index (χ1n) is 8.29. The number of hydrazone groups is 1. The molecule has 3 rings (SSSR count). The van der Waals surface area contributed by atoms with Crippen LogP contribution in [0.15, 0.2) is 51.8 Å². The molecule has 1 aliphatic rings. The number of sulfonamides is 1. The summed E-state index contributed by atoms with van der Waals surface area (Å²) in [6.45, 7) is 4.39. The van der Waals surface area contributed by atoms with Crippen LogP contribution in [0.2, 0.25) is 0 Å². The van der Waals surface area contributed by atoms with Crippen molar-refractivity contribution in [2.75, 3.05) is 26.2 Å². The van der Waals surface area contributed by atoms with Crippen LogP contribution < -0.4 is 10.7 Å². The Morgan fingerprint density at radius 2 is 1.88 bits per heavy atom. The number of nitrogens with one attached hydrogen (secondary N) is 1. The molecular formula is C17H21N4O3S2+. The summed E-state index contributed by atoms with van der Waals surface area (Å²) in [4.78, 5) is 12.8. The van der Waals surface area contributed by atoms with Gasteiger partial charge in [0.1, 0.15) is 0 Å². The summed E-state index contributed by atoms with van der Waals surface area (Å²) in [5.41, 5.74) is 3.86. The molecule has 1 amide bonds. The zero-order valence-corrected chi connectivity index (χ0v) is 16.0. The highest BCUT2D eigenvalue weighted by Gasteiger charge is 2.27. The highest BCUT2D eigenvalue weighted by molar-refractivity contribution is 7.89. The first kappa shape index (κ1) is 18.7. The molecule has 0 spiro atoms. The molecule has 0 bridgehead atoms. The van der Waals surface area contributed by atoms with Crippen LogP contribution in [0.25, 0.3) is 0 Å². The Morgan fingerprint density at radius 1 is 1.19 bits per heavy atom.